The molecule has 1 saturated heterocycles. The molecule has 17 N–H and O–H groups in total. The van der Waals surface area contributed by atoms with Gasteiger partial charge in [0, 0.05) is 0 Å². The lowest BCUT2D eigenvalue weighted by molar-refractivity contribution is -0.282. The molecule has 30 heteroatoms. The van der Waals surface area contributed by atoms with Crippen LogP contribution < -0.4 is 4.74 Å². The zero-order chi connectivity index (χ0) is 57.3. The van der Waals surface area contributed by atoms with E-state index < -0.39 is 210 Å². The molecule has 30 nitrogen and oxygen atoms in total. The molecule has 78 heavy (non-hydrogen) atoms. The third kappa shape index (κ3) is 11.1. The van der Waals surface area contributed by atoms with Crippen LogP contribution in [-0.4, -0.2) is 160 Å². The second-order valence-corrected chi connectivity index (χ2v) is 16.2. The molecule has 1 heterocycles. The zero-order valence-electron chi connectivity index (χ0n) is 38.4. The molecule has 6 aromatic rings. The van der Waals surface area contributed by atoms with Crippen molar-refractivity contribution in [3.05, 3.63) is 106 Å². The van der Waals surface area contributed by atoms with Crippen LogP contribution in [0, 0.1) is 0 Å². The van der Waals surface area contributed by atoms with E-state index in [1.807, 2.05) is 0 Å². The molecule has 0 unspecified atom stereocenters. The topological polar surface area (TPSA) is 511 Å². The molecule has 0 aromatic heterocycles. The fourth-order valence-electron chi connectivity index (χ4n) is 7.06. The Morgan fingerprint density at radius 2 is 0.590 bits per heavy atom. The molecule has 0 saturated carbocycles. The highest BCUT2D eigenvalue weighted by atomic mass is 16.7. The molecule has 1 aliphatic rings. The lowest BCUT2D eigenvalue weighted by atomic mass is 9.97. The van der Waals surface area contributed by atoms with Crippen LogP contribution in [0.5, 0.6) is 103 Å². The van der Waals surface area contributed by atoms with E-state index in [1.54, 1.807) is 0 Å². The first-order chi connectivity index (χ1) is 36.6. The summed E-state index contributed by atoms with van der Waals surface area (Å²) in [7, 11) is 0. The van der Waals surface area contributed by atoms with Crippen molar-refractivity contribution >= 4 is 35.8 Å². The summed E-state index contributed by atoms with van der Waals surface area (Å²) in [5, 5.41) is 172. The minimum atomic E-state index is -2.69. The highest BCUT2D eigenvalue weighted by Gasteiger charge is 2.55. The van der Waals surface area contributed by atoms with Gasteiger partial charge in [-0.3, -0.25) is 0 Å². The number of ether oxygens (including phenoxy) is 7. The molecule has 408 valence electrons. The number of hydrogen-bond acceptors (Lipinski definition) is 30. The smallest absolute Gasteiger partial charge is 0.343 e. The first kappa shape index (κ1) is 54.5. The highest BCUT2D eigenvalue weighted by molar-refractivity contribution is 5.96. The van der Waals surface area contributed by atoms with Gasteiger partial charge in [-0.15, -0.1) is 0 Å². The first-order valence-corrected chi connectivity index (χ1v) is 21.3. The van der Waals surface area contributed by atoms with Crippen molar-refractivity contribution in [1.82, 2.24) is 0 Å². The Kier molecular flexibility index (Phi) is 14.9. The van der Waals surface area contributed by atoms with Crippen LogP contribution in [0.15, 0.2) is 72.8 Å². The summed E-state index contributed by atoms with van der Waals surface area (Å²) >= 11 is 0. The summed E-state index contributed by atoms with van der Waals surface area (Å²) in [5.41, 5.74) is -4.96. The predicted octanol–water partition coefficient (Wildman–Crippen LogP) is 2.32. The summed E-state index contributed by atoms with van der Waals surface area (Å²) in [6, 6.07) is 6.35. The largest absolute Gasteiger partial charge is 0.504 e. The highest BCUT2D eigenvalue weighted by Crippen LogP contribution is 2.43. The van der Waals surface area contributed by atoms with E-state index in [0.717, 1.165) is 0 Å². The first-order valence-electron chi connectivity index (χ1n) is 21.3. The number of carbonyl (C=O) groups is 6. The number of rotatable bonds is 13. The molecule has 0 aliphatic carbocycles. The number of phenolic OH excluding ortho intramolecular Hbond substituents is 17. The van der Waals surface area contributed by atoms with Crippen LogP contribution in [0.4, 0.5) is 0 Å². The third-order valence-corrected chi connectivity index (χ3v) is 10.9. The van der Waals surface area contributed by atoms with Gasteiger partial charge in [0.25, 0.3) is 0 Å². The van der Waals surface area contributed by atoms with Crippen molar-refractivity contribution in [2.24, 2.45) is 0 Å². The molecule has 7 rings (SSSR count). The standard InChI is InChI=1S/C48H36O30/c49-20-1-14(2-21(50)33(20)60)42(66)72-13-32-39(75-44(68)16-5-24(53)35(62)25(54)6-16)40(76-45(69)17-7-26(55)36(63)27(56)8-17)41(48(74-32)78-47(71)18-9-28(57)37(64)29(58)10-18)77-46(70)19-11-30(59)38(65)31(12-19)73-43(67)15-3-22(51)34(61)23(52)4-15/h1-12,32,39-41,48-65H,13H2/t32-,39+,40-,41+,48+/m1/s1. The van der Waals surface area contributed by atoms with Crippen molar-refractivity contribution < 1.29 is 149 Å². The van der Waals surface area contributed by atoms with Crippen molar-refractivity contribution in [3.63, 3.8) is 0 Å². The summed E-state index contributed by atoms with van der Waals surface area (Å²) < 4.78 is 38.6. The van der Waals surface area contributed by atoms with E-state index in [2.05, 4.69) is 0 Å². The molecular weight excluding hydrogens is 1060 g/mol. The second-order valence-electron chi connectivity index (χ2n) is 16.2. The van der Waals surface area contributed by atoms with Gasteiger partial charge in [0.15, 0.2) is 110 Å². The minimum Gasteiger partial charge on any atom is -0.504 e. The van der Waals surface area contributed by atoms with E-state index in [0.29, 0.717) is 72.8 Å². The van der Waals surface area contributed by atoms with Crippen molar-refractivity contribution in [2.45, 2.75) is 30.7 Å². The lowest BCUT2D eigenvalue weighted by Gasteiger charge is -2.43. The fraction of sp³-hybridized carbons (Fsp3) is 0.125. The SMILES string of the molecule is O=C(OC[C@H]1O[C@@H](OC(=O)c2cc(O)c(O)c(O)c2)[C@@H](OC(=O)c2cc(O)c(O)c(OC(=O)c3cc(O)c(O)c(O)c3)c2)[C@H](OC(=O)c2cc(O)c(O)c(O)c2)[C@H]1OC(=O)c1cc(O)c(O)c(O)c1)c1cc(O)c(O)c(O)c1. The molecule has 1 fully saturated rings. The average Bonchev–Trinajstić information content (AvgIpc) is 3.40. The van der Waals surface area contributed by atoms with Gasteiger partial charge in [-0.05, 0) is 72.8 Å². The van der Waals surface area contributed by atoms with Crippen LogP contribution in [-0.2, 0) is 28.4 Å². The summed E-state index contributed by atoms with van der Waals surface area (Å²) in [4.78, 5) is 82.9. The molecule has 0 radical (unpaired) electrons. The van der Waals surface area contributed by atoms with Gasteiger partial charge in [0.05, 0.1) is 33.4 Å². The maximum Gasteiger partial charge on any atom is 0.343 e. The van der Waals surface area contributed by atoms with E-state index in [-0.39, 0.29) is 0 Å². The van der Waals surface area contributed by atoms with E-state index >= 15 is 0 Å². The summed E-state index contributed by atoms with van der Waals surface area (Å²) in [5.74, 6) is -30.3. The minimum absolute atomic E-state index is 0.450. The molecule has 0 bridgehead atoms. The summed E-state index contributed by atoms with van der Waals surface area (Å²) in [6.45, 7) is -1.33. The Bertz CT molecular complexity index is 3340. The monoisotopic (exact) mass is 1090 g/mol. The van der Waals surface area contributed by atoms with Crippen LogP contribution in [0.1, 0.15) is 62.1 Å². The van der Waals surface area contributed by atoms with Gasteiger partial charge < -0.3 is 120 Å². The maximum atomic E-state index is 14.4. The van der Waals surface area contributed by atoms with Gasteiger partial charge in [0.2, 0.25) is 18.1 Å². The van der Waals surface area contributed by atoms with Gasteiger partial charge in [0.1, 0.15) is 12.7 Å². The molecule has 5 atom stereocenters. The number of esters is 6. The quantitative estimate of drug-likeness (QED) is 0.0341. The number of carbonyl (C=O) groups excluding carboxylic acids is 6. The maximum absolute atomic E-state index is 14.4. The Balaban J connectivity index is 1.38. The van der Waals surface area contributed by atoms with Crippen LogP contribution in [0.25, 0.3) is 0 Å². The Hall–Kier alpha value is -11.3. The molecule has 1 aliphatic heterocycles. The van der Waals surface area contributed by atoms with Crippen LogP contribution >= 0.6 is 0 Å². The predicted molar refractivity (Wildman–Crippen MR) is 244 cm³/mol. The van der Waals surface area contributed by atoms with Crippen LogP contribution in [0.3, 0.4) is 0 Å². The average molecular weight is 1090 g/mol. The second kappa shape index (κ2) is 21.3. The molecule has 0 spiro atoms. The lowest BCUT2D eigenvalue weighted by Crippen LogP contribution is -2.63. The fourth-order valence-corrected chi connectivity index (χ4v) is 7.06. The van der Waals surface area contributed by atoms with Gasteiger partial charge in [-0.1, -0.05) is 0 Å². The van der Waals surface area contributed by atoms with E-state index in [4.69, 9.17) is 33.2 Å². The van der Waals surface area contributed by atoms with Gasteiger partial charge in [-0.25, -0.2) is 28.8 Å². The van der Waals surface area contributed by atoms with Crippen molar-refractivity contribution in [3.8, 4) is 103 Å². The molecule has 6 aromatic carbocycles. The van der Waals surface area contributed by atoms with E-state index in [1.165, 1.54) is 0 Å². The number of aromatic hydroxyl groups is 17. The van der Waals surface area contributed by atoms with E-state index in [9.17, 15) is 116 Å². The third-order valence-electron chi connectivity index (χ3n) is 10.9. The van der Waals surface area contributed by atoms with Gasteiger partial charge >= 0.3 is 35.8 Å². The number of benzene rings is 6. The number of hydrogen-bond donors (Lipinski definition) is 17. The Morgan fingerprint density at radius 1 is 0.321 bits per heavy atom. The Morgan fingerprint density at radius 3 is 0.949 bits per heavy atom. The number of phenols is 17. The van der Waals surface area contributed by atoms with Gasteiger partial charge in [-0.2, -0.15) is 0 Å². The zero-order valence-corrected chi connectivity index (χ0v) is 38.4. The molecule has 0 amide bonds. The Labute approximate surface area is 430 Å². The normalized spacial score (nSPS) is 16.7. The molecular formula is C48H36O30. The summed E-state index contributed by atoms with van der Waals surface area (Å²) in [6.07, 6.45) is -12.8. The van der Waals surface area contributed by atoms with Crippen molar-refractivity contribution in [1.29, 1.82) is 0 Å². The van der Waals surface area contributed by atoms with Crippen LogP contribution in [0.2, 0.25) is 0 Å². The van der Waals surface area contributed by atoms with Crippen molar-refractivity contribution in [2.75, 3.05) is 6.61 Å².